The van der Waals surface area contributed by atoms with Crippen LogP contribution >= 0.6 is 12.2 Å². The molecule has 2 aromatic rings. The Hall–Kier alpha value is -1.92. The lowest BCUT2D eigenvalue weighted by Crippen LogP contribution is -2.32. The highest BCUT2D eigenvalue weighted by Gasteiger charge is 2.13. The number of hydrogen-bond acceptors (Lipinski definition) is 3. The van der Waals surface area contributed by atoms with Crippen molar-refractivity contribution in [2.24, 2.45) is 0 Å². The van der Waals surface area contributed by atoms with E-state index in [2.05, 4.69) is 30.5 Å². The van der Waals surface area contributed by atoms with Crippen molar-refractivity contribution in [1.82, 2.24) is 5.32 Å². The van der Waals surface area contributed by atoms with E-state index in [0.717, 1.165) is 23.2 Å². The summed E-state index contributed by atoms with van der Waals surface area (Å²) in [6.07, 6.45) is 2.04. The number of benzene rings is 2. The first kappa shape index (κ1) is 19.4. The molecule has 2 aromatic carbocycles. The fourth-order valence-corrected chi connectivity index (χ4v) is 3.52. The molecule has 0 saturated carbocycles. The molecule has 0 amide bonds. The van der Waals surface area contributed by atoms with E-state index in [1.54, 1.807) is 12.1 Å². The van der Waals surface area contributed by atoms with Gasteiger partial charge in [0.25, 0.3) is 0 Å². The Balaban J connectivity index is 2.09. The molecule has 0 fully saturated rings. The molecule has 0 spiro atoms. The Morgan fingerprint density at radius 1 is 1.12 bits per heavy atom. The fraction of sp³-hybridized carbons (Fsp3) is 0.316. The summed E-state index contributed by atoms with van der Waals surface area (Å²) in [5.41, 5.74) is 4.32. The van der Waals surface area contributed by atoms with Gasteiger partial charge < -0.3 is 10.6 Å². The molecule has 2 rings (SSSR count). The van der Waals surface area contributed by atoms with Crippen LogP contribution in [0.2, 0.25) is 0 Å². The largest absolute Gasteiger partial charge is 0.356 e. The first-order valence-electron chi connectivity index (χ1n) is 8.15. The van der Waals surface area contributed by atoms with Crippen molar-refractivity contribution < 1.29 is 8.42 Å². The smallest absolute Gasteiger partial charge is 0.175 e. The normalized spacial score (nSPS) is 12.5. The molecule has 0 aromatic heterocycles. The van der Waals surface area contributed by atoms with Crippen LogP contribution in [0.1, 0.15) is 36.1 Å². The van der Waals surface area contributed by atoms with Crippen LogP contribution < -0.4 is 10.6 Å². The molecule has 0 bridgehead atoms. The summed E-state index contributed by atoms with van der Waals surface area (Å²) in [5, 5.41) is 7.08. The minimum Gasteiger partial charge on any atom is -0.356 e. The number of rotatable bonds is 5. The van der Waals surface area contributed by atoms with E-state index < -0.39 is 9.84 Å². The van der Waals surface area contributed by atoms with Gasteiger partial charge in [-0.05, 0) is 61.8 Å². The molecule has 25 heavy (non-hydrogen) atoms. The van der Waals surface area contributed by atoms with Crippen LogP contribution in [0.25, 0.3) is 0 Å². The Labute approximate surface area is 155 Å². The molecule has 0 aliphatic rings. The van der Waals surface area contributed by atoms with Crippen LogP contribution in [0.15, 0.2) is 47.4 Å². The molecule has 0 aliphatic heterocycles. The zero-order valence-electron chi connectivity index (χ0n) is 15.0. The molecule has 2 N–H and O–H groups in total. The van der Waals surface area contributed by atoms with Crippen LogP contribution in [0.5, 0.6) is 0 Å². The van der Waals surface area contributed by atoms with Crippen LogP contribution in [0, 0.1) is 13.8 Å². The Bertz CT molecular complexity index is 859. The minimum atomic E-state index is -3.18. The van der Waals surface area contributed by atoms with E-state index in [1.807, 2.05) is 31.2 Å². The van der Waals surface area contributed by atoms with Gasteiger partial charge in [-0.25, -0.2) is 8.42 Å². The van der Waals surface area contributed by atoms with Crippen LogP contribution in [-0.2, 0) is 9.84 Å². The summed E-state index contributed by atoms with van der Waals surface area (Å²) in [4.78, 5) is 0.321. The average Bonchev–Trinajstić information content (AvgIpc) is 2.54. The predicted molar refractivity (Wildman–Crippen MR) is 108 cm³/mol. The lowest BCUT2D eigenvalue weighted by atomic mass is 10.1. The van der Waals surface area contributed by atoms with E-state index in [-0.39, 0.29) is 6.04 Å². The third-order valence-corrected chi connectivity index (χ3v) is 5.40. The summed E-state index contributed by atoms with van der Waals surface area (Å²) in [7, 11) is -3.18. The summed E-state index contributed by atoms with van der Waals surface area (Å²) in [5.74, 6) is 0. The lowest BCUT2D eigenvalue weighted by molar-refractivity contribution is 0.601. The van der Waals surface area contributed by atoms with Crippen molar-refractivity contribution in [2.45, 2.75) is 38.1 Å². The molecule has 0 saturated heterocycles. The quantitative estimate of drug-likeness (QED) is 0.768. The van der Waals surface area contributed by atoms with E-state index in [9.17, 15) is 8.42 Å². The molecule has 4 nitrogen and oxygen atoms in total. The van der Waals surface area contributed by atoms with E-state index >= 15 is 0 Å². The Morgan fingerprint density at radius 3 is 2.28 bits per heavy atom. The summed E-state index contributed by atoms with van der Waals surface area (Å²) >= 11 is 5.44. The highest BCUT2D eigenvalue weighted by atomic mass is 32.2. The maximum absolute atomic E-state index is 11.6. The topological polar surface area (TPSA) is 58.2 Å². The highest BCUT2D eigenvalue weighted by Crippen LogP contribution is 2.20. The number of thiocarbonyl (C=S) groups is 1. The van der Waals surface area contributed by atoms with Gasteiger partial charge in [0.2, 0.25) is 0 Å². The van der Waals surface area contributed by atoms with Gasteiger partial charge in [-0.3, -0.25) is 0 Å². The van der Waals surface area contributed by atoms with Crippen molar-refractivity contribution in [1.29, 1.82) is 0 Å². The molecule has 0 unspecified atom stereocenters. The lowest BCUT2D eigenvalue weighted by Gasteiger charge is -2.21. The maximum Gasteiger partial charge on any atom is 0.175 e. The van der Waals surface area contributed by atoms with Gasteiger partial charge >= 0.3 is 0 Å². The summed E-state index contributed by atoms with van der Waals surface area (Å²) in [6.45, 7) is 6.15. The van der Waals surface area contributed by atoms with E-state index in [1.165, 1.54) is 11.8 Å². The second-order valence-electron chi connectivity index (χ2n) is 6.22. The van der Waals surface area contributed by atoms with Gasteiger partial charge in [0, 0.05) is 11.9 Å². The van der Waals surface area contributed by atoms with Crippen molar-refractivity contribution >= 4 is 32.9 Å². The van der Waals surface area contributed by atoms with Gasteiger partial charge in [-0.1, -0.05) is 36.8 Å². The molecule has 0 radical (unpaired) electrons. The molecule has 0 heterocycles. The molecule has 6 heteroatoms. The van der Waals surface area contributed by atoms with E-state index in [0.29, 0.717) is 10.0 Å². The minimum absolute atomic E-state index is 0.0133. The molecule has 134 valence electrons. The zero-order chi connectivity index (χ0) is 18.6. The van der Waals surface area contributed by atoms with Gasteiger partial charge in [-0.15, -0.1) is 0 Å². The first-order chi connectivity index (χ1) is 11.7. The number of sulfone groups is 1. The highest BCUT2D eigenvalue weighted by molar-refractivity contribution is 7.90. The van der Waals surface area contributed by atoms with Gasteiger partial charge in [0.1, 0.15) is 0 Å². The number of anilines is 1. The number of nitrogens with one attached hydrogen (secondary N) is 2. The summed E-state index contributed by atoms with van der Waals surface area (Å²) < 4.78 is 23.1. The van der Waals surface area contributed by atoms with E-state index in [4.69, 9.17) is 12.2 Å². The first-order valence-corrected chi connectivity index (χ1v) is 10.5. The van der Waals surface area contributed by atoms with Crippen LogP contribution in [0.3, 0.4) is 0 Å². The van der Waals surface area contributed by atoms with Gasteiger partial charge in [0.05, 0.1) is 10.9 Å². The molecular formula is C19H24N2O2S2. The van der Waals surface area contributed by atoms with Gasteiger partial charge in [0.15, 0.2) is 14.9 Å². The predicted octanol–water partition coefficient (Wildman–Crippen LogP) is 4.14. The van der Waals surface area contributed by atoms with Crippen molar-refractivity contribution in [2.75, 3.05) is 11.6 Å². The van der Waals surface area contributed by atoms with Crippen molar-refractivity contribution in [3.8, 4) is 0 Å². The zero-order valence-corrected chi connectivity index (χ0v) is 16.6. The maximum atomic E-state index is 11.6. The fourth-order valence-electron chi connectivity index (χ4n) is 2.64. The summed E-state index contributed by atoms with van der Waals surface area (Å²) in [6, 6.07) is 13.1. The van der Waals surface area contributed by atoms with Crippen molar-refractivity contribution in [3.63, 3.8) is 0 Å². The van der Waals surface area contributed by atoms with Crippen molar-refractivity contribution in [3.05, 3.63) is 59.2 Å². The third kappa shape index (κ3) is 5.28. The van der Waals surface area contributed by atoms with Crippen LogP contribution in [0.4, 0.5) is 5.69 Å². The third-order valence-electron chi connectivity index (χ3n) is 4.05. The SMILES string of the molecule is CC[C@@H](NC(=S)Nc1ccc(C)cc1C)c1ccc(S(C)(=O)=O)cc1. The molecule has 1 atom stereocenters. The monoisotopic (exact) mass is 376 g/mol. The number of hydrogen-bond donors (Lipinski definition) is 2. The second kappa shape index (κ2) is 7.97. The number of aryl methyl sites for hydroxylation is 2. The standard InChI is InChI=1S/C19H24N2O2S2/c1-5-17(15-7-9-16(10-8-15)25(4,22)23)20-19(24)21-18-11-6-13(2)12-14(18)3/h6-12,17H,5H2,1-4H3,(H2,20,21,24)/t17-/m1/s1. The van der Waals surface area contributed by atoms with Crippen LogP contribution in [-0.4, -0.2) is 19.8 Å². The molecular weight excluding hydrogens is 352 g/mol. The second-order valence-corrected chi connectivity index (χ2v) is 8.64. The Kier molecular flexibility index (Phi) is 6.19. The van der Waals surface area contributed by atoms with Gasteiger partial charge in [-0.2, -0.15) is 0 Å². The average molecular weight is 377 g/mol. The Morgan fingerprint density at radius 2 is 1.76 bits per heavy atom. The molecule has 0 aliphatic carbocycles.